The van der Waals surface area contributed by atoms with Crippen molar-refractivity contribution in [3.8, 4) is 0 Å². The molecular weight excluding hydrogens is 252 g/mol. The molecule has 2 nitrogen and oxygen atoms in total. The molecule has 0 saturated heterocycles. The maximum Gasteiger partial charge on any atom is 0.344 e. The fraction of sp³-hybridized carbons (Fsp3) is 0.444. The largest absolute Gasteiger partial charge is 0.462 e. The van der Waals surface area contributed by atoms with Gasteiger partial charge in [-0.1, -0.05) is 40.7 Å². The van der Waals surface area contributed by atoms with Gasteiger partial charge in [-0.25, -0.2) is 4.79 Å². The Morgan fingerprint density at radius 2 is 2.46 bits per heavy atom. The van der Waals surface area contributed by atoms with Crippen molar-refractivity contribution in [3.05, 3.63) is 20.9 Å². The SMILES string of the molecule is CCOC(=O)C1=CC(C)C(Br)=CS1. The molecule has 0 saturated carbocycles. The molecule has 0 radical (unpaired) electrons. The van der Waals surface area contributed by atoms with Gasteiger partial charge < -0.3 is 4.74 Å². The topological polar surface area (TPSA) is 26.3 Å². The number of hydrogen-bond acceptors (Lipinski definition) is 3. The first-order valence-corrected chi connectivity index (χ1v) is 5.73. The lowest BCUT2D eigenvalue weighted by atomic mass is 10.1. The van der Waals surface area contributed by atoms with Crippen LogP contribution in [-0.4, -0.2) is 12.6 Å². The maximum absolute atomic E-state index is 11.3. The van der Waals surface area contributed by atoms with Crippen LogP contribution in [0.25, 0.3) is 0 Å². The normalized spacial score (nSPS) is 21.9. The van der Waals surface area contributed by atoms with Crippen LogP contribution in [-0.2, 0) is 9.53 Å². The smallest absolute Gasteiger partial charge is 0.344 e. The maximum atomic E-state index is 11.3. The second kappa shape index (κ2) is 4.86. The van der Waals surface area contributed by atoms with Gasteiger partial charge in [0.2, 0.25) is 0 Å². The molecule has 1 atom stereocenters. The molecule has 4 heteroatoms. The Morgan fingerprint density at radius 3 is 3.00 bits per heavy atom. The zero-order valence-corrected chi connectivity index (χ0v) is 9.94. The van der Waals surface area contributed by atoms with Crippen LogP contribution in [0.4, 0.5) is 0 Å². The van der Waals surface area contributed by atoms with Crippen LogP contribution in [0.15, 0.2) is 20.9 Å². The lowest BCUT2D eigenvalue weighted by Gasteiger charge is -2.13. The first-order valence-electron chi connectivity index (χ1n) is 4.06. The number of ether oxygens (including phenoxy) is 1. The van der Waals surface area contributed by atoms with E-state index >= 15 is 0 Å². The number of carbonyl (C=O) groups excluding carboxylic acids is 1. The van der Waals surface area contributed by atoms with Crippen LogP contribution in [0.1, 0.15) is 13.8 Å². The van der Waals surface area contributed by atoms with Gasteiger partial charge in [0.05, 0.1) is 11.5 Å². The van der Waals surface area contributed by atoms with Gasteiger partial charge in [-0.2, -0.15) is 0 Å². The molecule has 0 aliphatic carbocycles. The Morgan fingerprint density at radius 1 is 1.77 bits per heavy atom. The summed E-state index contributed by atoms with van der Waals surface area (Å²) in [5, 5.41) is 1.93. The number of allylic oxidation sites excluding steroid dienone is 2. The van der Waals surface area contributed by atoms with E-state index in [9.17, 15) is 4.79 Å². The molecule has 1 aliphatic heterocycles. The second-order valence-electron chi connectivity index (χ2n) is 2.66. The van der Waals surface area contributed by atoms with Gasteiger partial charge in [-0.05, 0) is 12.3 Å². The van der Waals surface area contributed by atoms with E-state index in [1.807, 2.05) is 18.4 Å². The number of halogens is 1. The monoisotopic (exact) mass is 262 g/mol. The predicted octanol–water partition coefficient (Wildman–Crippen LogP) is 3.05. The van der Waals surface area contributed by atoms with Gasteiger partial charge >= 0.3 is 5.97 Å². The number of hydrogen-bond donors (Lipinski definition) is 0. The summed E-state index contributed by atoms with van der Waals surface area (Å²) in [5.74, 6) is 0.0382. The Kier molecular flexibility index (Phi) is 4.06. The summed E-state index contributed by atoms with van der Waals surface area (Å²) in [6.45, 7) is 4.26. The highest BCUT2D eigenvalue weighted by Gasteiger charge is 2.17. The first kappa shape index (κ1) is 10.9. The van der Waals surface area contributed by atoms with E-state index in [0.717, 1.165) is 4.48 Å². The van der Waals surface area contributed by atoms with E-state index in [1.165, 1.54) is 11.8 Å². The van der Waals surface area contributed by atoms with Crippen molar-refractivity contribution >= 4 is 33.7 Å². The molecule has 0 spiro atoms. The molecule has 0 bridgehead atoms. The van der Waals surface area contributed by atoms with Crippen molar-refractivity contribution < 1.29 is 9.53 Å². The van der Waals surface area contributed by atoms with Crippen LogP contribution >= 0.6 is 27.7 Å². The molecule has 1 aliphatic rings. The van der Waals surface area contributed by atoms with E-state index in [0.29, 0.717) is 11.5 Å². The summed E-state index contributed by atoms with van der Waals surface area (Å²) in [6.07, 6.45) is 1.91. The van der Waals surface area contributed by atoms with Gasteiger partial charge in [-0.15, -0.1) is 0 Å². The minimum absolute atomic E-state index is 0.226. The third-order valence-electron chi connectivity index (χ3n) is 1.61. The van der Waals surface area contributed by atoms with E-state index in [-0.39, 0.29) is 11.9 Å². The zero-order chi connectivity index (χ0) is 9.84. The number of thioether (sulfide) groups is 1. The highest BCUT2D eigenvalue weighted by molar-refractivity contribution is 9.11. The van der Waals surface area contributed by atoms with Crippen molar-refractivity contribution in [3.63, 3.8) is 0 Å². The van der Waals surface area contributed by atoms with Gasteiger partial charge in [-0.3, -0.25) is 0 Å². The summed E-state index contributed by atoms with van der Waals surface area (Å²) in [6, 6.07) is 0. The number of carbonyl (C=O) groups is 1. The minimum Gasteiger partial charge on any atom is -0.462 e. The summed E-state index contributed by atoms with van der Waals surface area (Å²) < 4.78 is 5.99. The standard InChI is InChI=1S/C9H11BrO2S/c1-3-12-9(11)8-4-6(2)7(10)5-13-8/h4-6H,3H2,1-2H3. The summed E-state index contributed by atoms with van der Waals surface area (Å²) in [4.78, 5) is 12.0. The number of esters is 1. The minimum atomic E-state index is -0.226. The average molecular weight is 263 g/mol. The molecule has 0 aromatic rings. The molecule has 0 aromatic carbocycles. The molecule has 72 valence electrons. The van der Waals surface area contributed by atoms with Gasteiger partial charge in [0.15, 0.2) is 0 Å². The molecule has 0 aromatic heterocycles. The second-order valence-corrected chi connectivity index (χ2v) is 4.49. The van der Waals surface area contributed by atoms with Crippen LogP contribution in [0.3, 0.4) is 0 Å². The van der Waals surface area contributed by atoms with Crippen molar-refractivity contribution in [2.75, 3.05) is 6.61 Å². The third-order valence-corrected chi connectivity index (χ3v) is 3.79. The fourth-order valence-electron chi connectivity index (χ4n) is 0.891. The average Bonchev–Trinajstić information content (AvgIpc) is 2.10. The van der Waals surface area contributed by atoms with Gasteiger partial charge in [0.1, 0.15) is 0 Å². The van der Waals surface area contributed by atoms with Crippen molar-refractivity contribution in [1.82, 2.24) is 0 Å². The highest BCUT2D eigenvalue weighted by atomic mass is 79.9. The van der Waals surface area contributed by atoms with Gasteiger partial charge in [0.25, 0.3) is 0 Å². The van der Waals surface area contributed by atoms with E-state index < -0.39 is 0 Å². The highest BCUT2D eigenvalue weighted by Crippen LogP contribution is 2.34. The van der Waals surface area contributed by atoms with Gasteiger partial charge in [0, 0.05) is 10.4 Å². The lowest BCUT2D eigenvalue weighted by Crippen LogP contribution is -2.08. The molecule has 1 rings (SSSR count). The summed E-state index contributed by atoms with van der Waals surface area (Å²) in [5.41, 5.74) is 0. The fourth-order valence-corrected chi connectivity index (χ4v) is 2.20. The number of rotatable bonds is 2. The van der Waals surface area contributed by atoms with Crippen molar-refractivity contribution in [2.24, 2.45) is 5.92 Å². The predicted molar refractivity (Wildman–Crippen MR) is 58.5 cm³/mol. The van der Waals surface area contributed by atoms with Crippen molar-refractivity contribution in [2.45, 2.75) is 13.8 Å². The Hall–Kier alpha value is -0.220. The first-order chi connectivity index (χ1) is 6.15. The Labute approximate surface area is 90.5 Å². The Balaban J connectivity index is 2.64. The summed E-state index contributed by atoms with van der Waals surface area (Å²) in [7, 11) is 0. The molecule has 0 amide bonds. The zero-order valence-electron chi connectivity index (χ0n) is 7.54. The van der Waals surface area contributed by atoms with Crippen molar-refractivity contribution in [1.29, 1.82) is 0 Å². The molecule has 1 heterocycles. The van der Waals surface area contributed by atoms with E-state index in [4.69, 9.17) is 4.74 Å². The Bertz CT molecular complexity index is 271. The molecule has 1 unspecified atom stereocenters. The van der Waals surface area contributed by atoms with E-state index in [2.05, 4.69) is 15.9 Å². The van der Waals surface area contributed by atoms with Crippen LogP contribution in [0.5, 0.6) is 0 Å². The van der Waals surface area contributed by atoms with Crippen LogP contribution in [0, 0.1) is 5.92 Å². The quantitative estimate of drug-likeness (QED) is 0.716. The van der Waals surface area contributed by atoms with E-state index in [1.54, 1.807) is 6.92 Å². The van der Waals surface area contributed by atoms with Crippen LogP contribution in [0.2, 0.25) is 0 Å². The summed E-state index contributed by atoms with van der Waals surface area (Å²) >= 11 is 4.81. The molecule has 0 N–H and O–H groups in total. The molecular formula is C9H11BrO2S. The van der Waals surface area contributed by atoms with Crippen LogP contribution < -0.4 is 0 Å². The molecule has 13 heavy (non-hydrogen) atoms. The lowest BCUT2D eigenvalue weighted by molar-refractivity contribution is -0.137. The molecule has 0 fully saturated rings. The third kappa shape index (κ3) is 2.88.